The van der Waals surface area contributed by atoms with Crippen LogP contribution in [0.25, 0.3) is 0 Å². The van der Waals surface area contributed by atoms with Gasteiger partial charge < -0.3 is 13.9 Å². The fourth-order valence-electron chi connectivity index (χ4n) is 0.946. The maximum Gasteiger partial charge on any atom is 0.374 e. The number of esters is 2. The van der Waals surface area contributed by atoms with Crippen LogP contribution in [0, 0.1) is 0 Å². The third-order valence-corrected chi connectivity index (χ3v) is 1.57. The van der Waals surface area contributed by atoms with E-state index in [4.69, 9.17) is 13.9 Å². The summed E-state index contributed by atoms with van der Waals surface area (Å²) < 4.78 is 14.4. The molecule has 0 amide bonds. The van der Waals surface area contributed by atoms with E-state index in [2.05, 4.69) is 0 Å². The highest BCUT2D eigenvalue weighted by Crippen LogP contribution is 2.10. The predicted octanol–water partition coefficient (Wildman–Crippen LogP) is 1.52. The molecule has 5 heteroatoms. The van der Waals surface area contributed by atoms with Gasteiger partial charge in [-0.25, -0.2) is 4.79 Å². The number of ether oxygens (including phenoxy) is 2. The lowest BCUT2D eigenvalue weighted by atomic mass is 10.3. The van der Waals surface area contributed by atoms with Gasteiger partial charge in [0, 0.05) is 12.5 Å². The predicted molar refractivity (Wildman–Crippen MR) is 50.1 cm³/mol. The Morgan fingerprint density at radius 1 is 1.40 bits per heavy atom. The van der Waals surface area contributed by atoms with Crippen molar-refractivity contribution in [1.82, 2.24) is 0 Å². The van der Waals surface area contributed by atoms with Gasteiger partial charge in [0.1, 0.15) is 6.61 Å². The molecule has 1 aromatic rings. The number of rotatable bonds is 4. The van der Waals surface area contributed by atoms with E-state index in [0.717, 1.165) is 0 Å². The van der Waals surface area contributed by atoms with Gasteiger partial charge in [-0.3, -0.25) is 4.79 Å². The van der Waals surface area contributed by atoms with Crippen LogP contribution in [-0.2, 0) is 20.9 Å². The SMILES string of the molecule is CCOC(=O)c1cc(COC(C)=O)co1. The Morgan fingerprint density at radius 3 is 2.73 bits per heavy atom. The third-order valence-electron chi connectivity index (χ3n) is 1.57. The molecule has 15 heavy (non-hydrogen) atoms. The van der Waals surface area contributed by atoms with Gasteiger partial charge in [0.05, 0.1) is 12.9 Å². The van der Waals surface area contributed by atoms with Crippen molar-refractivity contribution < 1.29 is 23.5 Å². The molecule has 0 aliphatic rings. The molecular weight excluding hydrogens is 200 g/mol. The van der Waals surface area contributed by atoms with Crippen molar-refractivity contribution in [1.29, 1.82) is 0 Å². The van der Waals surface area contributed by atoms with Crippen molar-refractivity contribution in [2.75, 3.05) is 6.61 Å². The second-order valence-electron chi connectivity index (χ2n) is 2.82. The van der Waals surface area contributed by atoms with Gasteiger partial charge in [-0.05, 0) is 13.0 Å². The summed E-state index contributed by atoms with van der Waals surface area (Å²) in [5.74, 6) is -0.792. The number of carbonyl (C=O) groups is 2. The molecular formula is C10H12O5. The summed E-state index contributed by atoms with van der Waals surface area (Å²) >= 11 is 0. The molecule has 0 saturated carbocycles. The molecule has 5 nitrogen and oxygen atoms in total. The normalized spacial score (nSPS) is 9.73. The van der Waals surface area contributed by atoms with Crippen molar-refractivity contribution in [3.05, 3.63) is 23.7 Å². The van der Waals surface area contributed by atoms with Crippen LogP contribution < -0.4 is 0 Å². The first-order valence-corrected chi connectivity index (χ1v) is 4.51. The summed E-state index contributed by atoms with van der Waals surface area (Å²) in [6, 6.07) is 1.49. The lowest BCUT2D eigenvalue weighted by molar-refractivity contribution is -0.142. The Hall–Kier alpha value is -1.78. The molecule has 1 rings (SSSR count). The fraction of sp³-hybridized carbons (Fsp3) is 0.400. The highest BCUT2D eigenvalue weighted by atomic mass is 16.5. The zero-order chi connectivity index (χ0) is 11.3. The molecule has 1 heterocycles. The van der Waals surface area contributed by atoms with E-state index in [-0.39, 0.29) is 18.3 Å². The van der Waals surface area contributed by atoms with E-state index in [0.29, 0.717) is 12.2 Å². The van der Waals surface area contributed by atoms with Crippen LogP contribution in [0.1, 0.15) is 30.0 Å². The molecule has 1 aromatic heterocycles. The number of furan rings is 1. The van der Waals surface area contributed by atoms with Crippen LogP contribution in [-0.4, -0.2) is 18.5 Å². The molecule has 82 valence electrons. The molecule has 0 aromatic carbocycles. The maximum atomic E-state index is 11.2. The smallest absolute Gasteiger partial charge is 0.374 e. The second-order valence-corrected chi connectivity index (χ2v) is 2.82. The summed E-state index contributed by atoms with van der Waals surface area (Å²) in [5.41, 5.74) is 0.619. The highest BCUT2D eigenvalue weighted by Gasteiger charge is 2.12. The Balaban J connectivity index is 2.56. The van der Waals surface area contributed by atoms with E-state index in [1.807, 2.05) is 0 Å². The summed E-state index contributed by atoms with van der Waals surface area (Å²) in [4.78, 5) is 21.7. The minimum Gasteiger partial charge on any atom is -0.461 e. The average molecular weight is 212 g/mol. The van der Waals surface area contributed by atoms with E-state index >= 15 is 0 Å². The van der Waals surface area contributed by atoms with Crippen molar-refractivity contribution in [2.24, 2.45) is 0 Å². The van der Waals surface area contributed by atoms with Crippen LogP contribution in [0.4, 0.5) is 0 Å². The van der Waals surface area contributed by atoms with Gasteiger partial charge in [0.25, 0.3) is 0 Å². The molecule has 0 N–H and O–H groups in total. The first-order chi connectivity index (χ1) is 7.13. The molecule has 0 bridgehead atoms. The van der Waals surface area contributed by atoms with Crippen molar-refractivity contribution in [3.63, 3.8) is 0 Å². The zero-order valence-electron chi connectivity index (χ0n) is 8.61. The minimum absolute atomic E-state index is 0.0955. The van der Waals surface area contributed by atoms with Gasteiger partial charge >= 0.3 is 11.9 Å². The Labute approximate surface area is 87.0 Å². The quantitative estimate of drug-likeness (QED) is 0.708. The molecule has 0 fully saturated rings. The number of hydrogen-bond acceptors (Lipinski definition) is 5. The highest BCUT2D eigenvalue weighted by molar-refractivity contribution is 5.86. The summed E-state index contributed by atoms with van der Waals surface area (Å²) in [5, 5.41) is 0. The lowest BCUT2D eigenvalue weighted by Crippen LogP contribution is -2.03. The molecule has 0 radical (unpaired) electrons. The van der Waals surface area contributed by atoms with Gasteiger partial charge in [-0.2, -0.15) is 0 Å². The molecule has 0 saturated heterocycles. The summed E-state index contributed by atoms with van der Waals surface area (Å²) in [6.45, 7) is 3.41. The summed E-state index contributed by atoms with van der Waals surface area (Å²) in [7, 11) is 0. The Bertz CT molecular complexity index is 352. The van der Waals surface area contributed by atoms with E-state index < -0.39 is 5.97 Å². The van der Waals surface area contributed by atoms with Crippen LogP contribution in [0.5, 0.6) is 0 Å². The van der Waals surface area contributed by atoms with Crippen LogP contribution in [0.2, 0.25) is 0 Å². The van der Waals surface area contributed by atoms with Crippen molar-refractivity contribution in [2.45, 2.75) is 20.5 Å². The largest absolute Gasteiger partial charge is 0.461 e. The maximum absolute atomic E-state index is 11.2. The van der Waals surface area contributed by atoms with Crippen LogP contribution in [0.3, 0.4) is 0 Å². The first kappa shape index (κ1) is 11.3. The molecule has 0 unspecified atom stereocenters. The van der Waals surface area contributed by atoms with Crippen LogP contribution in [0.15, 0.2) is 16.7 Å². The van der Waals surface area contributed by atoms with Gasteiger partial charge in [-0.15, -0.1) is 0 Å². The average Bonchev–Trinajstić information content (AvgIpc) is 2.63. The monoisotopic (exact) mass is 212 g/mol. The minimum atomic E-state index is -0.522. The van der Waals surface area contributed by atoms with Crippen molar-refractivity contribution >= 4 is 11.9 Å². The number of hydrogen-bond donors (Lipinski definition) is 0. The van der Waals surface area contributed by atoms with E-state index in [9.17, 15) is 9.59 Å². The molecule has 0 atom stereocenters. The Kier molecular flexibility index (Phi) is 3.91. The summed E-state index contributed by atoms with van der Waals surface area (Å²) in [6.07, 6.45) is 1.36. The van der Waals surface area contributed by atoms with Gasteiger partial charge in [-0.1, -0.05) is 0 Å². The topological polar surface area (TPSA) is 65.7 Å². The van der Waals surface area contributed by atoms with Gasteiger partial charge in [0.2, 0.25) is 5.76 Å². The molecule has 0 aliphatic heterocycles. The first-order valence-electron chi connectivity index (χ1n) is 4.51. The van der Waals surface area contributed by atoms with E-state index in [1.54, 1.807) is 6.92 Å². The van der Waals surface area contributed by atoms with Gasteiger partial charge in [0.15, 0.2) is 0 Å². The third kappa shape index (κ3) is 3.46. The van der Waals surface area contributed by atoms with E-state index in [1.165, 1.54) is 19.3 Å². The number of carbonyl (C=O) groups excluding carboxylic acids is 2. The fourth-order valence-corrected chi connectivity index (χ4v) is 0.946. The lowest BCUT2D eigenvalue weighted by Gasteiger charge is -1.96. The Morgan fingerprint density at radius 2 is 2.13 bits per heavy atom. The van der Waals surface area contributed by atoms with Crippen molar-refractivity contribution in [3.8, 4) is 0 Å². The second kappa shape index (κ2) is 5.19. The zero-order valence-corrected chi connectivity index (χ0v) is 8.61. The standard InChI is InChI=1S/C10H12O5/c1-3-13-10(12)9-4-8(6-15-9)5-14-7(2)11/h4,6H,3,5H2,1-2H3. The molecule has 0 aliphatic carbocycles. The molecule has 0 spiro atoms. The van der Waals surface area contributed by atoms with Crippen LogP contribution >= 0.6 is 0 Å².